The van der Waals surface area contributed by atoms with Crippen molar-refractivity contribution in [3.8, 4) is 5.75 Å². The van der Waals surface area contributed by atoms with Gasteiger partial charge in [-0.1, -0.05) is 24.3 Å². The van der Waals surface area contributed by atoms with Crippen LogP contribution >= 0.6 is 0 Å². The summed E-state index contributed by atoms with van der Waals surface area (Å²) >= 11 is 0. The number of rotatable bonds is 7. The normalized spacial score (nSPS) is 15.1. The highest BCUT2D eigenvalue weighted by molar-refractivity contribution is 6.08. The van der Waals surface area contributed by atoms with Crippen molar-refractivity contribution in [2.75, 3.05) is 25.5 Å². The predicted molar refractivity (Wildman–Crippen MR) is 137 cm³/mol. The lowest BCUT2D eigenvalue weighted by atomic mass is 10.0. The molecule has 7 heteroatoms. The summed E-state index contributed by atoms with van der Waals surface area (Å²) in [7, 11) is 1.54. The molecule has 5 rings (SSSR count). The topological polar surface area (TPSA) is 72.6 Å². The summed E-state index contributed by atoms with van der Waals surface area (Å²) < 4.78 is 7.76. The van der Waals surface area contributed by atoms with Crippen LogP contribution in [0.2, 0.25) is 0 Å². The Labute approximate surface area is 199 Å². The smallest absolute Gasteiger partial charge is 0.273 e. The number of nitrogens with zero attached hydrogens (tertiary/aromatic N) is 3. The van der Waals surface area contributed by atoms with Crippen LogP contribution in [-0.4, -0.2) is 40.6 Å². The number of piperidine rings is 1. The van der Waals surface area contributed by atoms with Crippen molar-refractivity contribution in [2.45, 2.75) is 38.9 Å². The van der Waals surface area contributed by atoms with Crippen molar-refractivity contribution in [3.63, 3.8) is 0 Å². The maximum absolute atomic E-state index is 11.0. The molecule has 7 nitrogen and oxygen atoms in total. The van der Waals surface area contributed by atoms with Crippen LogP contribution in [0.4, 0.5) is 11.4 Å². The number of aromatic nitrogens is 1. The first-order valence-corrected chi connectivity index (χ1v) is 11.9. The van der Waals surface area contributed by atoms with E-state index >= 15 is 0 Å². The highest BCUT2D eigenvalue weighted by Gasteiger charge is 2.21. The van der Waals surface area contributed by atoms with Gasteiger partial charge in [-0.3, -0.25) is 15.0 Å². The van der Waals surface area contributed by atoms with E-state index in [0.717, 1.165) is 44.7 Å². The average molecular weight is 459 g/mol. The summed E-state index contributed by atoms with van der Waals surface area (Å²) in [5.41, 5.74) is 4.79. The van der Waals surface area contributed by atoms with E-state index in [1.165, 1.54) is 39.5 Å². The van der Waals surface area contributed by atoms with Crippen molar-refractivity contribution in [3.05, 3.63) is 76.3 Å². The Hall–Kier alpha value is -3.58. The molecule has 1 aliphatic heterocycles. The number of nitro groups is 1. The van der Waals surface area contributed by atoms with Crippen molar-refractivity contribution < 1.29 is 9.66 Å². The lowest BCUT2D eigenvalue weighted by Gasteiger charge is -2.33. The molecule has 2 heterocycles. The molecule has 0 spiro atoms. The van der Waals surface area contributed by atoms with Crippen molar-refractivity contribution >= 4 is 33.2 Å². The van der Waals surface area contributed by atoms with E-state index in [-0.39, 0.29) is 5.69 Å². The maximum atomic E-state index is 11.0. The zero-order valence-electron chi connectivity index (χ0n) is 19.7. The van der Waals surface area contributed by atoms with Crippen LogP contribution in [-0.2, 0) is 13.1 Å². The Morgan fingerprint density at radius 2 is 1.79 bits per heavy atom. The molecule has 1 aromatic heterocycles. The van der Waals surface area contributed by atoms with Crippen LogP contribution in [0.3, 0.4) is 0 Å². The molecular formula is C27H30N4O3. The Kier molecular flexibility index (Phi) is 6.11. The number of aryl methyl sites for hydroxylation is 1. The molecule has 1 aliphatic rings. The minimum atomic E-state index is -0.401. The second kappa shape index (κ2) is 9.35. The van der Waals surface area contributed by atoms with E-state index in [9.17, 15) is 10.1 Å². The van der Waals surface area contributed by atoms with E-state index in [0.29, 0.717) is 11.8 Å². The van der Waals surface area contributed by atoms with Gasteiger partial charge in [0.1, 0.15) is 5.75 Å². The lowest BCUT2D eigenvalue weighted by molar-refractivity contribution is -0.384. The molecule has 0 radical (unpaired) electrons. The van der Waals surface area contributed by atoms with Gasteiger partial charge >= 0.3 is 0 Å². The Morgan fingerprint density at radius 3 is 2.53 bits per heavy atom. The molecule has 0 aliphatic carbocycles. The third-order valence-corrected chi connectivity index (χ3v) is 6.90. The van der Waals surface area contributed by atoms with Gasteiger partial charge in [0, 0.05) is 60.1 Å². The number of fused-ring (bicyclic) bond motifs is 3. The van der Waals surface area contributed by atoms with E-state index in [1.54, 1.807) is 13.2 Å². The monoisotopic (exact) mass is 458 g/mol. The summed E-state index contributed by atoms with van der Waals surface area (Å²) in [6.07, 6.45) is 2.02. The van der Waals surface area contributed by atoms with Gasteiger partial charge in [0.05, 0.1) is 23.8 Å². The van der Waals surface area contributed by atoms with E-state index in [2.05, 4.69) is 64.2 Å². The quantitative estimate of drug-likeness (QED) is 0.280. The number of likely N-dealkylation sites (tertiary alicyclic amines) is 1. The number of nitrogens with one attached hydrogen (secondary N) is 1. The molecule has 0 atom stereocenters. The number of methoxy groups -OCH3 is 1. The fraction of sp³-hybridized carbons (Fsp3) is 0.333. The molecule has 1 fully saturated rings. The molecule has 176 valence electrons. The minimum Gasteiger partial charge on any atom is -0.494 e. The molecule has 4 aromatic rings. The van der Waals surface area contributed by atoms with Gasteiger partial charge in [-0.25, -0.2) is 0 Å². The second-order valence-corrected chi connectivity index (χ2v) is 8.95. The Morgan fingerprint density at radius 1 is 1.03 bits per heavy atom. The number of ether oxygens (including phenoxy) is 1. The Bertz CT molecular complexity index is 1340. The number of nitro benzene ring substituents is 1. The second-order valence-electron chi connectivity index (χ2n) is 8.95. The summed E-state index contributed by atoms with van der Waals surface area (Å²) in [6.45, 7) is 6.10. The molecule has 34 heavy (non-hydrogen) atoms. The van der Waals surface area contributed by atoms with E-state index in [4.69, 9.17) is 4.74 Å². The fourth-order valence-corrected chi connectivity index (χ4v) is 5.17. The maximum Gasteiger partial charge on any atom is 0.273 e. The van der Waals surface area contributed by atoms with Gasteiger partial charge in [0.25, 0.3) is 5.69 Å². The van der Waals surface area contributed by atoms with Crippen LogP contribution in [0.1, 0.15) is 25.3 Å². The number of non-ortho nitro benzene ring substituents is 1. The largest absolute Gasteiger partial charge is 0.494 e. The van der Waals surface area contributed by atoms with Crippen molar-refractivity contribution in [2.24, 2.45) is 0 Å². The third kappa shape index (κ3) is 4.19. The number of anilines is 1. The molecule has 0 amide bonds. The van der Waals surface area contributed by atoms with Crippen molar-refractivity contribution in [1.82, 2.24) is 9.47 Å². The van der Waals surface area contributed by atoms with Crippen LogP contribution in [0.5, 0.6) is 5.75 Å². The highest BCUT2D eigenvalue weighted by Crippen LogP contribution is 2.32. The van der Waals surface area contributed by atoms with Gasteiger partial charge in [-0.15, -0.1) is 0 Å². The van der Waals surface area contributed by atoms with Crippen molar-refractivity contribution in [1.29, 1.82) is 0 Å². The molecular weight excluding hydrogens is 428 g/mol. The van der Waals surface area contributed by atoms with Crippen LogP contribution in [0.15, 0.2) is 60.7 Å². The first-order chi connectivity index (χ1) is 16.6. The summed E-state index contributed by atoms with van der Waals surface area (Å²) in [4.78, 5) is 13.1. The standard InChI is InChI=1S/C27H30N4O3/c1-3-30-25-7-5-4-6-22(25)23-16-19(8-11-26(23)30)18-29-14-12-20(13-15-29)28-24-10-9-21(31(32)33)17-27(24)34-2/h4-11,16-17,20,28H,3,12-15,18H2,1-2H3. The molecule has 0 unspecified atom stereocenters. The molecule has 0 saturated carbocycles. The molecule has 1 saturated heterocycles. The average Bonchev–Trinajstić information content (AvgIpc) is 3.18. The number of benzene rings is 3. The van der Waals surface area contributed by atoms with Crippen LogP contribution < -0.4 is 10.1 Å². The van der Waals surface area contributed by atoms with E-state index < -0.39 is 4.92 Å². The summed E-state index contributed by atoms with van der Waals surface area (Å²) in [6, 6.07) is 20.6. The first-order valence-electron chi connectivity index (χ1n) is 11.9. The van der Waals surface area contributed by atoms with Gasteiger partial charge < -0.3 is 14.6 Å². The highest BCUT2D eigenvalue weighted by atomic mass is 16.6. The van der Waals surface area contributed by atoms with Crippen LogP contribution in [0.25, 0.3) is 21.8 Å². The van der Waals surface area contributed by atoms with Gasteiger partial charge in [-0.2, -0.15) is 0 Å². The van der Waals surface area contributed by atoms with Crippen LogP contribution in [0, 0.1) is 10.1 Å². The molecule has 0 bridgehead atoms. The lowest BCUT2D eigenvalue weighted by Crippen LogP contribution is -2.38. The SMILES string of the molecule is CCn1c2ccccc2c2cc(CN3CCC(Nc4ccc([N+](=O)[O-])cc4OC)CC3)ccc21. The molecule has 3 aromatic carbocycles. The first kappa shape index (κ1) is 22.2. The third-order valence-electron chi connectivity index (χ3n) is 6.90. The Balaban J connectivity index is 1.25. The number of para-hydroxylation sites is 1. The van der Waals surface area contributed by atoms with Gasteiger partial charge in [-0.05, 0) is 49.6 Å². The number of hydrogen-bond acceptors (Lipinski definition) is 5. The number of hydrogen-bond donors (Lipinski definition) is 1. The van der Waals surface area contributed by atoms with Gasteiger partial charge in [0.15, 0.2) is 0 Å². The summed E-state index contributed by atoms with van der Waals surface area (Å²) in [5.74, 6) is 0.510. The summed E-state index contributed by atoms with van der Waals surface area (Å²) in [5, 5.41) is 17.2. The zero-order valence-corrected chi connectivity index (χ0v) is 19.7. The zero-order chi connectivity index (χ0) is 23.7. The predicted octanol–water partition coefficient (Wildman–Crippen LogP) is 5.81. The fourth-order valence-electron chi connectivity index (χ4n) is 5.17. The van der Waals surface area contributed by atoms with E-state index in [1.807, 2.05) is 0 Å². The molecule has 1 N–H and O–H groups in total. The minimum absolute atomic E-state index is 0.0382. The van der Waals surface area contributed by atoms with Gasteiger partial charge in [0.2, 0.25) is 0 Å².